The number of nitrogens with one attached hydrogen (secondary N) is 2. The molecule has 4 rings (SSSR count). The largest absolute Gasteiger partial charge is 0.444 e. The summed E-state index contributed by atoms with van der Waals surface area (Å²) in [7, 11) is 0. The molecule has 8 heteroatoms. The molecule has 2 heterocycles. The van der Waals surface area contributed by atoms with Gasteiger partial charge in [0.1, 0.15) is 22.5 Å². The Labute approximate surface area is 179 Å². The van der Waals surface area contributed by atoms with Crippen LogP contribution in [0.25, 0.3) is 10.2 Å². The van der Waals surface area contributed by atoms with Crippen molar-refractivity contribution in [3.05, 3.63) is 46.5 Å². The topological polar surface area (TPSA) is 100 Å². The van der Waals surface area contributed by atoms with Gasteiger partial charge in [-0.2, -0.15) is 0 Å². The van der Waals surface area contributed by atoms with Crippen LogP contribution in [0.15, 0.2) is 24.3 Å². The number of aliphatic hydroxyl groups excluding tert-OH is 1. The van der Waals surface area contributed by atoms with E-state index >= 15 is 0 Å². The Morgan fingerprint density at radius 1 is 1.33 bits per heavy atom. The van der Waals surface area contributed by atoms with Gasteiger partial charge < -0.3 is 20.1 Å². The molecule has 7 nitrogen and oxygen atoms in total. The van der Waals surface area contributed by atoms with Crippen molar-refractivity contribution in [2.24, 2.45) is 5.92 Å². The maximum atomic E-state index is 12.5. The van der Waals surface area contributed by atoms with Gasteiger partial charge in [0.25, 0.3) is 0 Å². The number of amides is 1. The lowest BCUT2D eigenvalue weighted by Crippen LogP contribution is -2.43. The van der Waals surface area contributed by atoms with Crippen molar-refractivity contribution in [1.29, 1.82) is 0 Å². The number of hydrogen-bond acceptors (Lipinski definition) is 6. The maximum Gasteiger partial charge on any atom is 0.407 e. The Kier molecular flexibility index (Phi) is 5.55. The fraction of sp³-hybridized carbons (Fsp3) is 0.500. The standard InChI is InChI=1S/C22H28N4O3S/c1-12-23-15-9-13(10-16(15)24-12)11-17(26-21(28)29-22(2,3)4)19(27)20-25-14-7-5-6-8-18(14)30-20/h5-8,13,17,19,27H,9-11H2,1-4H3,(H,23,24)(H,26,28)/t17-,19?/m0/s1. The number of aryl methyl sites for hydroxylation is 1. The highest BCUT2D eigenvalue weighted by molar-refractivity contribution is 7.18. The molecule has 160 valence electrons. The van der Waals surface area contributed by atoms with Gasteiger partial charge >= 0.3 is 6.09 Å². The smallest absolute Gasteiger partial charge is 0.407 e. The van der Waals surface area contributed by atoms with E-state index in [0.717, 1.165) is 40.3 Å². The summed E-state index contributed by atoms with van der Waals surface area (Å²) in [5.41, 5.74) is 2.48. The summed E-state index contributed by atoms with van der Waals surface area (Å²) in [5.74, 6) is 1.21. The van der Waals surface area contributed by atoms with Gasteiger partial charge in [0.15, 0.2) is 0 Å². The van der Waals surface area contributed by atoms with Gasteiger partial charge in [-0.25, -0.2) is 14.8 Å². The van der Waals surface area contributed by atoms with Crippen molar-refractivity contribution in [1.82, 2.24) is 20.3 Å². The minimum Gasteiger partial charge on any atom is -0.444 e. The Balaban J connectivity index is 1.53. The molecule has 0 fully saturated rings. The fourth-order valence-corrected chi connectivity index (χ4v) is 5.02. The van der Waals surface area contributed by atoms with Crippen molar-refractivity contribution in [3.63, 3.8) is 0 Å². The zero-order valence-corrected chi connectivity index (χ0v) is 18.5. The Hall–Kier alpha value is -2.45. The molecule has 1 aromatic carbocycles. The lowest BCUT2D eigenvalue weighted by molar-refractivity contribution is 0.0398. The highest BCUT2D eigenvalue weighted by Crippen LogP contribution is 2.33. The highest BCUT2D eigenvalue weighted by Gasteiger charge is 2.33. The molecule has 1 aliphatic carbocycles. The molecule has 2 unspecified atom stereocenters. The van der Waals surface area contributed by atoms with Gasteiger partial charge in [-0.05, 0) is 65.0 Å². The van der Waals surface area contributed by atoms with E-state index < -0.39 is 23.8 Å². The summed E-state index contributed by atoms with van der Waals surface area (Å²) in [6.07, 6.45) is 0.856. The number of aliphatic hydroxyl groups is 1. The summed E-state index contributed by atoms with van der Waals surface area (Å²) in [5, 5.41) is 14.7. The molecule has 30 heavy (non-hydrogen) atoms. The summed E-state index contributed by atoms with van der Waals surface area (Å²) in [6, 6.07) is 7.28. The summed E-state index contributed by atoms with van der Waals surface area (Å²) in [6.45, 7) is 7.42. The Morgan fingerprint density at radius 3 is 2.80 bits per heavy atom. The van der Waals surface area contributed by atoms with E-state index in [0.29, 0.717) is 11.4 Å². The van der Waals surface area contributed by atoms with Gasteiger partial charge in [0.2, 0.25) is 0 Å². The van der Waals surface area contributed by atoms with Gasteiger partial charge in [-0.1, -0.05) is 12.1 Å². The molecule has 1 aliphatic rings. The van der Waals surface area contributed by atoms with Gasteiger partial charge in [-0.15, -0.1) is 11.3 Å². The van der Waals surface area contributed by atoms with E-state index in [9.17, 15) is 9.90 Å². The third kappa shape index (κ3) is 4.65. The van der Waals surface area contributed by atoms with Gasteiger partial charge in [0, 0.05) is 5.69 Å². The predicted octanol–water partition coefficient (Wildman–Crippen LogP) is 4.06. The third-order valence-corrected chi connectivity index (χ3v) is 6.30. The van der Waals surface area contributed by atoms with Crippen molar-refractivity contribution < 1.29 is 14.6 Å². The van der Waals surface area contributed by atoms with Crippen LogP contribution in [0.4, 0.5) is 4.79 Å². The van der Waals surface area contributed by atoms with Crippen LogP contribution in [0.5, 0.6) is 0 Å². The lowest BCUT2D eigenvalue weighted by Gasteiger charge is -2.27. The van der Waals surface area contributed by atoms with E-state index in [2.05, 4.69) is 20.3 Å². The first-order chi connectivity index (χ1) is 14.2. The second kappa shape index (κ2) is 8.00. The molecule has 3 atom stereocenters. The zero-order chi connectivity index (χ0) is 21.5. The number of aromatic amines is 1. The van der Waals surface area contributed by atoms with Crippen molar-refractivity contribution in [3.8, 4) is 0 Å². The number of ether oxygens (including phenoxy) is 1. The number of benzene rings is 1. The second-order valence-corrected chi connectivity index (χ2v) is 10.0. The van der Waals surface area contributed by atoms with Crippen LogP contribution in [0.2, 0.25) is 0 Å². The Morgan fingerprint density at radius 2 is 2.10 bits per heavy atom. The van der Waals surface area contributed by atoms with E-state index in [1.807, 2.05) is 52.0 Å². The number of H-pyrrole nitrogens is 1. The molecule has 0 spiro atoms. The summed E-state index contributed by atoms with van der Waals surface area (Å²) >= 11 is 1.45. The molecule has 0 radical (unpaired) electrons. The summed E-state index contributed by atoms with van der Waals surface area (Å²) < 4.78 is 6.46. The monoisotopic (exact) mass is 428 g/mol. The van der Waals surface area contributed by atoms with Gasteiger partial charge in [0.05, 0.1) is 22.0 Å². The maximum absolute atomic E-state index is 12.5. The van der Waals surface area contributed by atoms with Crippen LogP contribution in [-0.2, 0) is 17.6 Å². The number of fused-ring (bicyclic) bond motifs is 2. The highest BCUT2D eigenvalue weighted by atomic mass is 32.1. The minimum atomic E-state index is -0.913. The number of carbonyl (C=O) groups is 1. The first-order valence-corrected chi connectivity index (χ1v) is 11.1. The van der Waals surface area contributed by atoms with Crippen LogP contribution in [0.3, 0.4) is 0 Å². The number of carbonyl (C=O) groups excluding carboxylic acids is 1. The number of aromatic nitrogens is 3. The third-order valence-electron chi connectivity index (χ3n) is 5.19. The van der Waals surface area contributed by atoms with E-state index in [1.165, 1.54) is 11.3 Å². The normalized spacial score (nSPS) is 16.4. The summed E-state index contributed by atoms with van der Waals surface area (Å²) in [4.78, 5) is 24.9. The molecule has 2 aromatic heterocycles. The fourth-order valence-electron chi connectivity index (χ4n) is 4.00. The SMILES string of the molecule is Cc1nc2c([nH]1)CC(C[C@H](NC(=O)OC(C)(C)C)C(O)c1nc3ccccc3s1)C2. The molecular formula is C22H28N4O3S. The lowest BCUT2D eigenvalue weighted by atomic mass is 9.94. The minimum absolute atomic E-state index is 0.281. The van der Waals surface area contributed by atoms with E-state index in [-0.39, 0.29) is 5.92 Å². The number of rotatable bonds is 5. The quantitative estimate of drug-likeness (QED) is 0.569. The molecule has 3 aromatic rings. The van der Waals surface area contributed by atoms with Crippen LogP contribution < -0.4 is 5.32 Å². The van der Waals surface area contributed by atoms with E-state index in [1.54, 1.807) is 0 Å². The number of nitrogens with zero attached hydrogens (tertiary/aromatic N) is 2. The molecule has 3 N–H and O–H groups in total. The van der Waals surface area contributed by atoms with Crippen molar-refractivity contribution in [2.75, 3.05) is 0 Å². The number of hydrogen-bond donors (Lipinski definition) is 3. The van der Waals surface area contributed by atoms with Crippen molar-refractivity contribution in [2.45, 2.75) is 64.7 Å². The predicted molar refractivity (Wildman–Crippen MR) is 117 cm³/mol. The zero-order valence-electron chi connectivity index (χ0n) is 17.7. The molecular weight excluding hydrogens is 400 g/mol. The van der Waals surface area contributed by atoms with Crippen LogP contribution in [-0.4, -0.2) is 37.8 Å². The van der Waals surface area contributed by atoms with Crippen LogP contribution in [0, 0.1) is 12.8 Å². The van der Waals surface area contributed by atoms with Crippen LogP contribution >= 0.6 is 11.3 Å². The van der Waals surface area contributed by atoms with Crippen LogP contribution in [0.1, 0.15) is 55.5 Å². The molecule has 0 saturated carbocycles. The molecule has 0 bridgehead atoms. The van der Waals surface area contributed by atoms with E-state index in [4.69, 9.17) is 4.74 Å². The Bertz CT molecular complexity index is 996. The molecule has 0 saturated heterocycles. The number of imidazole rings is 1. The average Bonchev–Trinajstić information content (AvgIpc) is 3.31. The molecule has 0 aliphatic heterocycles. The second-order valence-electron chi connectivity index (χ2n) is 8.97. The first-order valence-electron chi connectivity index (χ1n) is 10.3. The van der Waals surface area contributed by atoms with Crippen molar-refractivity contribution >= 4 is 27.6 Å². The number of para-hydroxylation sites is 1. The first kappa shape index (κ1) is 20.8. The molecule has 1 amide bonds. The number of thiazole rings is 1. The number of alkyl carbamates (subject to hydrolysis) is 1. The average molecular weight is 429 g/mol. The van der Waals surface area contributed by atoms with Gasteiger partial charge in [-0.3, -0.25) is 0 Å².